The molecule has 8 nitrogen and oxygen atoms in total. The van der Waals surface area contributed by atoms with Crippen LogP contribution in [0.3, 0.4) is 0 Å². The predicted octanol–water partition coefficient (Wildman–Crippen LogP) is -2.35. The minimum absolute atomic E-state index is 0.0914. The van der Waals surface area contributed by atoms with Gasteiger partial charge in [-0.05, 0) is 6.92 Å². The van der Waals surface area contributed by atoms with Crippen LogP contribution < -0.4 is 0 Å². The van der Waals surface area contributed by atoms with Crippen LogP contribution in [0.15, 0.2) is 0 Å². The molecular formula is C12H22O8. The molecule has 0 amide bonds. The summed E-state index contributed by atoms with van der Waals surface area (Å²) in [5.74, 6) is -0.558. The lowest BCUT2D eigenvalue weighted by Crippen LogP contribution is -2.59. The lowest BCUT2D eigenvalue weighted by Gasteiger charge is -2.40. The standard InChI is InChI=1S/C12H22O8/c1-6(15)7(3-13)5-19-12-10(17)9(16)11(18-2)8(4-14)20-12/h4,6-13,15-17H,3,5H2,1-2H3. The van der Waals surface area contributed by atoms with E-state index < -0.39 is 42.7 Å². The fraction of sp³-hybridized carbons (Fsp3) is 0.917. The quantitative estimate of drug-likeness (QED) is 0.385. The van der Waals surface area contributed by atoms with Gasteiger partial charge in [0.25, 0.3) is 0 Å². The summed E-state index contributed by atoms with van der Waals surface area (Å²) in [4.78, 5) is 10.9. The van der Waals surface area contributed by atoms with Gasteiger partial charge in [-0.15, -0.1) is 0 Å². The second-order valence-electron chi connectivity index (χ2n) is 4.80. The third-order valence-electron chi connectivity index (χ3n) is 3.38. The second-order valence-corrected chi connectivity index (χ2v) is 4.80. The Morgan fingerprint density at radius 2 is 2.00 bits per heavy atom. The van der Waals surface area contributed by atoms with Gasteiger partial charge in [-0.2, -0.15) is 0 Å². The molecule has 0 radical (unpaired) electrons. The lowest BCUT2D eigenvalue weighted by atomic mass is 9.99. The van der Waals surface area contributed by atoms with Crippen molar-refractivity contribution in [2.45, 2.75) is 43.7 Å². The molecule has 1 saturated heterocycles. The van der Waals surface area contributed by atoms with E-state index >= 15 is 0 Å². The average Bonchev–Trinajstić information content (AvgIpc) is 2.43. The van der Waals surface area contributed by atoms with Crippen molar-refractivity contribution >= 4 is 6.29 Å². The number of carbonyl (C=O) groups is 1. The molecule has 1 rings (SSSR count). The Bertz CT molecular complexity index is 297. The van der Waals surface area contributed by atoms with Gasteiger partial charge in [0, 0.05) is 13.0 Å². The smallest absolute Gasteiger partial charge is 0.187 e. The molecule has 7 unspecified atom stereocenters. The molecule has 1 aliphatic heterocycles. The van der Waals surface area contributed by atoms with Crippen LogP contribution in [-0.2, 0) is 19.0 Å². The number of ether oxygens (including phenoxy) is 3. The summed E-state index contributed by atoms with van der Waals surface area (Å²) in [5, 5.41) is 38.1. The van der Waals surface area contributed by atoms with Crippen LogP contribution in [0.1, 0.15) is 6.92 Å². The largest absolute Gasteiger partial charge is 0.396 e. The van der Waals surface area contributed by atoms with Gasteiger partial charge in [0.1, 0.15) is 24.4 Å². The normalized spacial score (nSPS) is 37.4. The molecular weight excluding hydrogens is 272 g/mol. The molecule has 0 aromatic heterocycles. The maximum Gasteiger partial charge on any atom is 0.187 e. The van der Waals surface area contributed by atoms with E-state index in [1.54, 1.807) is 0 Å². The molecule has 0 aromatic carbocycles. The second kappa shape index (κ2) is 7.99. The van der Waals surface area contributed by atoms with Gasteiger partial charge < -0.3 is 39.4 Å². The van der Waals surface area contributed by atoms with Crippen molar-refractivity contribution in [3.8, 4) is 0 Å². The number of hydrogen-bond donors (Lipinski definition) is 4. The molecule has 0 aliphatic carbocycles. The number of aliphatic hydroxyl groups excluding tert-OH is 4. The van der Waals surface area contributed by atoms with E-state index in [1.807, 2.05) is 0 Å². The first kappa shape index (κ1) is 17.4. The van der Waals surface area contributed by atoms with Crippen LogP contribution in [-0.4, -0.2) is 83.8 Å². The highest BCUT2D eigenvalue weighted by atomic mass is 16.7. The third-order valence-corrected chi connectivity index (χ3v) is 3.38. The topological polar surface area (TPSA) is 126 Å². The van der Waals surface area contributed by atoms with E-state index in [0.717, 1.165) is 0 Å². The van der Waals surface area contributed by atoms with Gasteiger partial charge in [-0.1, -0.05) is 0 Å². The fourth-order valence-electron chi connectivity index (χ4n) is 1.95. The van der Waals surface area contributed by atoms with Crippen molar-refractivity contribution in [1.82, 2.24) is 0 Å². The zero-order valence-electron chi connectivity index (χ0n) is 11.5. The van der Waals surface area contributed by atoms with E-state index in [2.05, 4.69) is 0 Å². The summed E-state index contributed by atoms with van der Waals surface area (Å²) in [6.07, 6.45) is -6.37. The summed E-state index contributed by atoms with van der Waals surface area (Å²) < 4.78 is 15.4. The monoisotopic (exact) mass is 294 g/mol. The Morgan fingerprint density at radius 1 is 1.35 bits per heavy atom. The van der Waals surface area contributed by atoms with Gasteiger partial charge >= 0.3 is 0 Å². The van der Waals surface area contributed by atoms with Crippen LogP contribution in [0.2, 0.25) is 0 Å². The van der Waals surface area contributed by atoms with E-state index in [-0.39, 0.29) is 13.2 Å². The summed E-state index contributed by atoms with van der Waals surface area (Å²) >= 11 is 0. The predicted molar refractivity (Wildman–Crippen MR) is 65.7 cm³/mol. The van der Waals surface area contributed by atoms with E-state index in [0.29, 0.717) is 6.29 Å². The lowest BCUT2D eigenvalue weighted by molar-refractivity contribution is -0.295. The molecule has 8 heteroatoms. The number of aliphatic hydroxyl groups is 4. The maximum atomic E-state index is 10.9. The van der Waals surface area contributed by atoms with Crippen molar-refractivity contribution in [2.75, 3.05) is 20.3 Å². The summed E-state index contributed by atoms with van der Waals surface area (Å²) in [7, 11) is 1.29. The third kappa shape index (κ3) is 3.95. The maximum absolute atomic E-state index is 10.9. The van der Waals surface area contributed by atoms with Gasteiger partial charge in [-0.3, -0.25) is 0 Å². The van der Waals surface area contributed by atoms with Crippen LogP contribution in [0.4, 0.5) is 0 Å². The molecule has 0 saturated carbocycles. The first-order valence-electron chi connectivity index (χ1n) is 6.36. The highest BCUT2D eigenvalue weighted by Gasteiger charge is 2.45. The van der Waals surface area contributed by atoms with E-state index in [9.17, 15) is 20.1 Å². The van der Waals surface area contributed by atoms with Gasteiger partial charge in [0.2, 0.25) is 0 Å². The van der Waals surface area contributed by atoms with Crippen molar-refractivity contribution in [2.24, 2.45) is 5.92 Å². The Balaban J connectivity index is 2.64. The zero-order chi connectivity index (χ0) is 15.3. The number of aldehydes is 1. The van der Waals surface area contributed by atoms with Crippen LogP contribution >= 0.6 is 0 Å². The number of hydrogen-bond acceptors (Lipinski definition) is 8. The first-order valence-corrected chi connectivity index (χ1v) is 6.36. The van der Waals surface area contributed by atoms with Crippen LogP contribution in [0.5, 0.6) is 0 Å². The van der Waals surface area contributed by atoms with Gasteiger partial charge in [-0.25, -0.2) is 0 Å². The molecule has 20 heavy (non-hydrogen) atoms. The Kier molecular flexibility index (Phi) is 6.96. The summed E-state index contributed by atoms with van der Waals surface area (Å²) in [6, 6.07) is 0. The summed E-state index contributed by atoms with van der Waals surface area (Å²) in [5.41, 5.74) is 0. The number of carbonyl (C=O) groups excluding carboxylic acids is 1. The number of methoxy groups -OCH3 is 1. The van der Waals surface area contributed by atoms with Crippen molar-refractivity contribution in [1.29, 1.82) is 0 Å². The highest BCUT2D eigenvalue weighted by molar-refractivity contribution is 5.57. The van der Waals surface area contributed by atoms with Crippen LogP contribution in [0.25, 0.3) is 0 Å². The van der Waals surface area contributed by atoms with Crippen LogP contribution in [0, 0.1) is 5.92 Å². The molecule has 0 bridgehead atoms. The molecule has 0 spiro atoms. The van der Waals surface area contributed by atoms with Crippen molar-refractivity contribution in [3.63, 3.8) is 0 Å². The Morgan fingerprint density at radius 3 is 2.45 bits per heavy atom. The molecule has 0 aromatic rings. The van der Waals surface area contributed by atoms with Crippen molar-refractivity contribution in [3.05, 3.63) is 0 Å². The van der Waals surface area contributed by atoms with Gasteiger partial charge in [0.15, 0.2) is 12.6 Å². The molecule has 118 valence electrons. The highest BCUT2D eigenvalue weighted by Crippen LogP contribution is 2.23. The zero-order valence-corrected chi connectivity index (χ0v) is 11.5. The molecule has 1 fully saturated rings. The van der Waals surface area contributed by atoms with E-state index in [4.69, 9.17) is 19.3 Å². The number of rotatable bonds is 7. The average molecular weight is 294 g/mol. The Labute approximate surface area is 116 Å². The summed E-state index contributed by atoms with van der Waals surface area (Å²) in [6.45, 7) is 1.10. The van der Waals surface area contributed by atoms with E-state index in [1.165, 1.54) is 14.0 Å². The van der Waals surface area contributed by atoms with Gasteiger partial charge in [0.05, 0.1) is 19.3 Å². The first-order chi connectivity index (χ1) is 9.46. The fourth-order valence-corrected chi connectivity index (χ4v) is 1.95. The SMILES string of the molecule is COC1C(C=O)OC(OCC(CO)C(C)O)C(O)C1O. The molecule has 7 atom stereocenters. The minimum Gasteiger partial charge on any atom is -0.396 e. The Hall–Kier alpha value is -0.610. The van der Waals surface area contributed by atoms with Crippen molar-refractivity contribution < 1.29 is 39.4 Å². The molecule has 1 aliphatic rings. The molecule has 1 heterocycles. The molecule has 4 N–H and O–H groups in total. The minimum atomic E-state index is -1.40.